The molecule has 0 saturated heterocycles. The van der Waals surface area contributed by atoms with E-state index in [9.17, 15) is 0 Å². The van der Waals surface area contributed by atoms with Gasteiger partial charge in [0.1, 0.15) is 0 Å². The van der Waals surface area contributed by atoms with E-state index in [4.69, 9.17) is 12.2 Å². The molecule has 2 rings (SSSR count). The lowest BCUT2D eigenvalue weighted by Crippen LogP contribution is -1.98. The minimum atomic E-state index is 0.789. The van der Waals surface area contributed by atoms with Crippen LogP contribution in [0.4, 0.5) is 0 Å². The van der Waals surface area contributed by atoms with Crippen LogP contribution >= 0.6 is 12.2 Å². The summed E-state index contributed by atoms with van der Waals surface area (Å²) in [4.78, 5) is 3.13. The van der Waals surface area contributed by atoms with Gasteiger partial charge in [-0.25, -0.2) is 0 Å². The van der Waals surface area contributed by atoms with Gasteiger partial charge in [-0.2, -0.15) is 0 Å². The standard InChI is InChI=1S/C13H16N2S/c1-3-11-4-6-12(7-5-11)9-15-8-10(2)14-13(15)16/h4-8H,3,9H2,1-2H3,(H,14,16). The number of imidazole rings is 1. The lowest BCUT2D eigenvalue weighted by molar-refractivity contribution is 0.783. The molecule has 3 heteroatoms. The molecule has 1 aromatic carbocycles. The Morgan fingerprint density at radius 2 is 1.81 bits per heavy atom. The fourth-order valence-corrected chi connectivity index (χ4v) is 2.04. The van der Waals surface area contributed by atoms with E-state index < -0.39 is 0 Å². The molecule has 0 unspecified atom stereocenters. The zero-order chi connectivity index (χ0) is 11.5. The van der Waals surface area contributed by atoms with Crippen LogP contribution < -0.4 is 0 Å². The van der Waals surface area contributed by atoms with Crippen molar-refractivity contribution in [3.8, 4) is 0 Å². The molecule has 1 N–H and O–H groups in total. The van der Waals surface area contributed by atoms with Gasteiger partial charge in [0.25, 0.3) is 0 Å². The third-order valence-electron chi connectivity index (χ3n) is 2.70. The first-order chi connectivity index (χ1) is 7.69. The van der Waals surface area contributed by atoms with Crippen LogP contribution in [0.5, 0.6) is 0 Å². The van der Waals surface area contributed by atoms with E-state index in [0.717, 1.165) is 23.4 Å². The Labute approximate surface area is 101 Å². The maximum Gasteiger partial charge on any atom is 0.177 e. The van der Waals surface area contributed by atoms with Crippen molar-refractivity contribution in [3.05, 3.63) is 52.1 Å². The monoisotopic (exact) mass is 232 g/mol. The van der Waals surface area contributed by atoms with Gasteiger partial charge in [0.2, 0.25) is 0 Å². The smallest absolute Gasteiger partial charge is 0.177 e. The van der Waals surface area contributed by atoms with Gasteiger partial charge < -0.3 is 9.55 Å². The molecule has 0 saturated carbocycles. The Morgan fingerprint density at radius 1 is 1.19 bits per heavy atom. The van der Waals surface area contributed by atoms with Gasteiger partial charge in [0.05, 0.1) is 0 Å². The van der Waals surface area contributed by atoms with Gasteiger partial charge in [0, 0.05) is 18.4 Å². The first-order valence-corrected chi connectivity index (χ1v) is 5.93. The Balaban J connectivity index is 2.20. The summed E-state index contributed by atoms with van der Waals surface area (Å²) in [5, 5.41) is 0. The van der Waals surface area contributed by atoms with E-state index in [0.29, 0.717) is 0 Å². The summed E-state index contributed by atoms with van der Waals surface area (Å²) in [6, 6.07) is 8.70. The lowest BCUT2D eigenvalue weighted by Gasteiger charge is -2.03. The number of aromatic nitrogens is 2. The third-order valence-corrected chi connectivity index (χ3v) is 3.04. The number of aromatic amines is 1. The number of aryl methyl sites for hydroxylation is 2. The fraction of sp³-hybridized carbons (Fsp3) is 0.308. The predicted octanol–water partition coefficient (Wildman–Crippen LogP) is 3.46. The number of benzene rings is 1. The molecule has 0 aliphatic heterocycles. The molecule has 0 bridgehead atoms. The fourth-order valence-electron chi connectivity index (χ4n) is 1.76. The second-order valence-corrected chi connectivity index (χ2v) is 4.43. The van der Waals surface area contributed by atoms with Crippen molar-refractivity contribution in [2.75, 3.05) is 0 Å². The van der Waals surface area contributed by atoms with Gasteiger partial charge in [-0.3, -0.25) is 0 Å². The summed E-state index contributed by atoms with van der Waals surface area (Å²) in [6.45, 7) is 5.03. The summed E-state index contributed by atoms with van der Waals surface area (Å²) in [5.74, 6) is 0. The zero-order valence-corrected chi connectivity index (χ0v) is 10.5. The molecule has 84 valence electrons. The van der Waals surface area contributed by atoms with Gasteiger partial charge in [-0.1, -0.05) is 31.2 Å². The molecule has 0 radical (unpaired) electrons. The van der Waals surface area contributed by atoms with Gasteiger partial charge in [-0.15, -0.1) is 0 Å². The van der Waals surface area contributed by atoms with E-state index in [-0.39, 0.29) is 0 Å². The molecule has 2 nitrogen and oxygen atoms in total. The highest BCUT2D eigenvalue weighted by atomic mass is 32.1. The minimum Gasteiger partial charge on any atom is -0.335 e. The SMILES string of the molecule is CCc1ccc(Cn2cc(C)[nH]c2=S)cc1. The first kappa shape index (κ1) is 11.1. The first-order valence-electron chi connectivity index (χ1n) is 5.53. The average molecular weight is 232 g/mol. The highest BCUT2D eigenvalue weighted by Gasteiger charge is 1.98. The number of rotatable bonds is 3. The Kier molecular flexibility index (Phi) is 3.25. The molecule has 0 amide bonds. The van der Waals surface area contributed by atoms with Crippen molar-refractivity contribution in [1.82, 2.24) is 9.55 Å². The van der Waals surface area contributed by atoms with Crippen LogP contribution in [0.1, 0.15) is 23.7 Å². The van der Waals surface area contributed by atoms with Crippen LogP contribution in [0.15, 0.2) is 30.5 Å². The van der Waals surface area contributed by atoms with Crippen LogP contribution in [-0.2, 0) is 13.0 Å². The van der Waals surface area contributed by atoms with Crippen molar-refractivity contribution in [2.24, 2.45) is 0 Å². The summed E-state index contributed by atoms with van der Waals surface area (Å²) in [7, 11) is 0. The molecule has 0 fully saturated rings. The maximum atomic E-state index is 5.23. The summed E-state index contributed by atoms with van der Waals surface area (Å²) < 4.78 is 2.85. The molecule has 2 aromatic rings. The van der Waals surface area contributed by atoms with Crippen LogP contribution in [0.2, 0.25) is 0 Å². The Hall–Kier alpha value is -1.35. The molecule has 0 atom stereocenters. The molecule has 1 aromatic heterocycles. The molecular formula is C13H16N2S. The predicted molar refractivity (Wildman–Crippen MR) is 69.3 cm³/mol. The topological polar surface area (TPSA) is 20.7 Å². The third kappa shape index (κ3) is 2.42. The van der Waals surface area contributed by atoms with Crippen LogP contribution in [0.3, 0.4) is 0 Å². The summed E-state index contributed by atoms with van der Waals surface area (Å²) in [6.07, 6.45) is 3.14. The normalized spacial score (nSPS) is 10.6. The molecule has 0 aliphatic rings. The van der Waals surface area contributed by atoms with Gasteiger partial charge in [-0.05, 0) is 36.7 Å². The van der Waals surface area contributed by atoms with Crippen LogP contribution in [-0.4, -0.2) is 9.55 Å². The van der Waals surface area contributed by atoms with Crippen molar-refractivity contribution in [1.29, 1.82) is 0 Å². The largest absolute Gasteiger partial charge is 0.335 e. The second kappa shape index (κ2) is 4.66. The Morgan fingerprint density at radius 3 is 2.31 bits per heavy atom. The summed E-state index contributed by atoms with van der Waals surface area (Å²) >= 11 is 5.23. The number of H-pyrrole nitrogens is 1. The molecule has 16 heavy (non-hydrogen) atoms. The quantitative estimate of drug-likeness (QED) is 0.804. The maximum absolute atomic E-state index is 5.23. The van der Waals surface area contributed by atoms with Crippen molar-refractivity contribution in [2.45, 2.75) is 26.8 Å². The van der Waals surface area contributed by atoms with Gasteiger partial charge in [0.15, 0.2) is 4.77 Å². The van der Waals surface area contributed by atoms with E-state index in [1.807, 2.05) is 6.92 Å². The molecular weight excluding hydrogens is 216 g/mol. The van der Waals surface area contributed by atoms with E-state index in [1.165, 1.54) is 11.1 Å². The van der Waals surface area contributed by atoms with E-state index in [2.05, 4.69) is 46.9 Å². The number of nitrogens with one attached hydrogen (secondary N) is 1. The Bertz CT molecular complexity index is 520. The minimum absolute atomic E-state index is 0.789. The highest BCUT2D eigenvalue weighted by Crippen LogP contribution is 2.08. The zero-order valence-electron chi connectivity index (χ0n) is 9.66. The van der Waals surface area contributed by atoms with E-state index >= 15 is 0 Å². The molecule has 1 heterocycles. The van der Waals surface area contributed by atoms with Crippen LogP contribution in [0.25, 0.3) is 0 Å². The average Bonchev–Trinajstić information content (AvgIpc) is 2.59. The molecule has 0 spiro atoms. The molecule has 0 aliphatic carbocycles. The lowest BCUT2D eigenvalue weighted by atomic mass is 10.1. The number of hydrogen-bond acceptors (Lipinski definition) is 1. The van der Waals surface area contributed by atoms with Crippen molar-refractivity contribution >= 4 is 12.2 Å². The number of hydrogen-bond donors (Lipinski definition) is 1. The number of nitrogens with zero attached hydrogens (tertiary/aromatic N) is 1. The second-order valence-electron chi connectivity index (χ2n) is 4.04. The van der Waals surface area contributed by atoms with Crippen molar-refractivity contribution < 1.29 is 0 Å². The van der Waals surface area contributed by atoms with Crippen LogP contribution in [0, 0.1) is 11.7 Å². The van der Waals surface area contributed by atoms with Gasteiger partial charge >= 0.3 is 0 Å². The van der Waals surface area contributed by atoms with E-state index in [1.54, 1.807) is 0 Å². The summed E-state index contributed by atoms with van der Waals surface area (Å²) in [5.41, 5.74) is 3.76. The highest BCUT2D eigenvalue weighted by molar-refractivity contribution is 7.71. The van der Waals surface area contributed by atoms with Crippen molar-refractivity contribution in [3.63, 3.8) is 0 Å².